The molecule has 1 aromatic carbocycles. The maximum Gasteiger partial charge on any atom is 0.246 e. The van der Waals surface area contributed by atoms with Crippen LogP contribution in [0.5, 0.6) is 0 Å². The molecule has 0 saturated heterocycles. The van der Waals surface area contributed by atoms with Crippen LogP contribution in [0.15, 0.2) is 30.3 Å². The van der Waals surface area contributed by atoms with Gasteiger partial charge in [0.15, 0.2) is 0 Å². The number of nitrogens with two attached hydrogens (primary N) is 1. The lowest BCUT2D eigenvalue weighted by atomic mass is 9.84. The summed E-state index contributed by atoms with van der Waals surface area (Å²) in [6.07, 6.45) is 4.39. The molecule has 0 radical (unpaired) electrons. The van der Waals surface area contributed by atoms with Crippen molar-refractivity contribution in [3.8, 4) is 11.4 Å². The number of carbonyl (C=O) groups is 1. The summed E-state index contributed by atoms with van der Waals surface area (Å²) in [5.41, 5.74) is 6.71. The molecule has 1 aliphatic rings. The predicted octanol–water partition coefficient (Wildman–Crippen LogP) is 1.96. The molecule has 1 fully saturated rings. The number of nitrogens with zero attached hydrogens (tertiary/aromatic N) is 4. The van der Waals surface area contributed by atoms with Gasteiger partial charge in [-0.1, -0.05) is 43.2 Å². The lowest BCUT2D eigenvalue weighted by molar-refractivity contribution is -0.125. The van der Waals surface area contributed by atoms with Gasteiger partial charge in [0.1, 0.15) is 6.04 Å². The van der Waals surface area contributed by atoms with E-state index < -0.39 is 6.04 Å². The van der Waals surface area contributed by atoms with Crippen molar-refractivity contribution in [3.05, 3.63) is 30.3 Å². The Balaban J connectivity index is 0.00000225. The molecule has 2 aromatic rings. The molecule has 8 heteroatoms. The zero-order valence-electron chi connectivity index (χ0n) is 14.3. The smallest absolute Gasteiger partial charge is 0.246 e. The molecule has 136 valence electrons. The SMILES string of the molecule is CC(C(=O)NC1CCCCC1CN)n1nnc(-c2ccccc2)n1.Cl. The van der Waals surface area contributed by atoms with E-state index >= 15 is 0 Å². The van der Waals surface area contributed by atoms with E-state index in [0.29, 0.717) is 18.3 Å². The Kier molecular flexibility index (Phi) is 6.90. The minimum absolute atomic E-state index is 0. The Hall–Kier alpha value is -1.99. The van der Waals surface area contributed by atoms with Gasteiger partial charge in [0.2, 0.25) is 11.7 Å². The lowest BCUT2D eigenvalue weighted by Gasteiger charge is -2.31. The molecule has 1 aliphatic carbocycles. The van der Waals surface area contributed by atoms with Crippen molar-refractivity contribution in [1.82, 2.24) is 25.5 Å². The molecule has 0 spiro atoms. The second-order valence-electron chi connectivity index (χ2n) is 6.37. The van der Waals surface area contributed by atoms with Crippen LogP contribution in [0.1, 0.15) is 38.6 Å². The lowest BCUT2D eigenvalue weighted by Crippen LogP contribution is -2.46. The molecular formula is C17H25ClN6O. The van der Waals surface area contributed by atoms with E-state index in [0.717, 1.165) is 24.8 Å². The van der Waals surface area contributed by atoms with Gasteiger partial charge in [-0.15, -0.1) is 22.6 Å². The number of rotatable bonds is 5. The Morgan fingerprint density at radius 1 is 1.32 bits per heavy atom. The number of amides is 1. The first-order valence-electron chi connectivity index (χ1n) is 8.54. The molecule has 3 atom stereocenters. The fraction of sp³-hybridized carbons (Fsp3) is 0.529. The second kappa shape index (κ2) is 8.92. The molecule has 3 rings (SSSR count). The topological polar surface area (TPSA) is 98.7 Å². The van der Waals surface area contributed by atoms with Crippen molar-refractivity contribution in [2.45, 2.75) is 44.7 Å². The first kappa shape index (κ1) is 19.3. The maximum atomic E-state index is 12.5. The van der Waals surface area contributed by atoms with Gasteiger partial charge >= 0.3 is 0 Å². The normalized spacial score (nSPS) is 21.2. The summed E-state index contributed by atoms with van der Waals surface area (Å²) in [5, 5.41) is 15.5. The summed E-state index contributed by atoms with van der Waals surface area (Å²) >= 11 is 0. The number of hydrogen-bond acceptors (Lipinski definition) is 5. The van der Waals surface area contributed by atoms with Gasteiger partial charge in [-0.05, 0) is 37.4 Å². The van der Waals surface area contributed by atoms with Crippen LogP contribution < -0.4 is 11.1 Å². The standard InChI is InChI=1S/C17H24N6O.ClH/c1-12(17(24)19-15-10-6-5-9-14(15)11-18)23-21-16(20-22-23)13-7-3-2-4-8-13;/h2-4,7-8,12,14-15H,5-6,9-11,18H2,1H3,(H,19,24);1H. The van der Waals surface area contributed by atoms with E-state index in [1.54, 1.807) is 6.92 Å². The molecule has 3 unspecified atom stereocenters. The highest BCUT2D eigenvalue weighted by Crippen LogP contribution is 2.24. The number of nitrogens with one attached hydrogen (secondary N) is 1. The van der Waals surface area contributed by atoms with Crippen molar-refractivity contribution >= 4 is 18.3 Å². The number of benzene rings is 1. The van der Waals surface area contributed by atoms with Crippen molar-refractivity contribution in [2.24, 2.45) is 11.7 Å². The van der Waals surface area contributed by atoms with E-state index in [-0.39, 0.29) is 24.4 Å². The van der Waals surface area contributed by atoms with Crippen LogP contribution in [0.2, 0.25) is 0 Å². The monoisotopic (exact) mass is 364 g/mol. The van der Waals surface area contributed by atoms with Crippen LogP contribution in [-0.2, 0) is 4.79 Å². The van der Waals surface area contributed by atoms with Crippen LogP contribution in [-0.4, -0.2) is 38.7 Å². The molecule has 1 amide bonds. The largest absolute Gasteiger partial charge is 0.351 e. The van der Waals surface area contributed by atoms with Gasteiger partial charge < -0.3 is 11.1 Å². The number of aromatic nitrogens is 4. The van der Waals surface area contributed by atoms with Crippen LogP contribution in [0, 0.1) is 5.92 Å². The van der Waals surface area contributed by atoms with Crippen LogP contribution >= 0.6 is 12.4 Å². The molecule has 1 heterocycles. The van der Waals surface area contributed by atoms with Crippen LogP contribution in [0.4, 0.5) is 0 Å². The van der Waals surface area contributed by atoms with Gasteiger partial charge in [-0.2, -0.15) is 4.80 Å². The molecule has 0 aliphatic heterocycles. The van der Waals surface area contributed by atoms with Gasteiger partial charge in [-0.25, -0.2) is 0 Å². The van der Waals surface area contributed by atoms with Crippen molar-refractivity contribution in [2.75, 3.05) is 6.54 Å². The highest BCUT2D eigenvalue weighted by Gasteiger charge is 2.28. The third kappa shape index (κ3) is 4.55. The second-order valence-corrected chi connectivity index (χ2v) is 6.37. The minimum atomic E-state index is -0.504. The third-order valence-corrected chi connectivity index (χ3v) is 4.73. The van der Waals surface area contributed by atoms with E-state index in [2.05, 4.69) is 20.7 Å². The zero-order chi connectivity index (χ0) is 16.9. The fourth-order valence-electron chi connectivity index (χ4n) is 3.18. The summed E-state index contributed by atoms with van der Waals surface area (Å²) in [7, 11) is 0. The number of halogens is 1. The third-order valence-electron chi connectivity index (χ3n) is 4.73. The number of tetrazole rings is 1. The Labute approximate surface area is 153 Å². The van der Waals surface area contributed by atoms with Gasteiger partial charge in [0, 0.05) is 11.6 Å². The first-order valence-corrected chi connectivity index (χ1v) is 8.54. The molecule has 7 nitrogen and oxygen atoms in total. The molecule has 0 bridgehead atoms. The zero-order valence-corrected chi connectivity index (χ0v) is 15.2. The molecular weight excluding hydrogens is 340 g/mol. The average molecular weight is 365 g/mol. The summed E-state index contributed by atoms with van der Waals surface area (Å²) in [4.78, 5) is 13.9. The van der Waals surface area contributed by atoms with E-state index in [1.807, 2.05) is 30.3 Å². The van der Waals surface area contributed by atoms with Crippen molar-refractivity contribution < 1.29 is 4.79 Å². The van der Waals surface area contributed by atoms with Gasteiger partial charge in [0.05, 0.1) is 0 Å². The fourth-order valence-corrected chi connectivity index (χ4v) is 3.18. The van der Waals surface area contributed by atoms with Crippen LogP contribution in [0.25, 0.3) is 11.4 Å². The highest BCUT2D eigenvalue weighted by molar-refractivity contribution is 5.85. The Morgan fingerprint density at radius 3 is 2.76 bits per heavy atom. The van der Waals surface area contributed by atoms with Gasteiger partial charge in [-0.3, -0.25) is 4.79 Å². The minimum Gasteiger partial charge on any atom is -0.351 e. The number of hydrogen-bond donors (Lipinski definition) is 2. The highest BCUT2D eigenvalue weighted by atomic mass is 35.5. The molecule has 1 saturated carbocycles. The summed E-state index contributed by atoms with van der Waals surface area (Å²) in [6, 6.07) is 9.25. The van der Waals surface area contributed by atoms with Gasteiger partial charge in [0.25, 0.3) is 0 Å². The molecule has 25 heavy (non-hydrogen) atoms. The maximum absolute atomic E-state index is 12.5. The molecule has 3 N–H and O–H groups in total. The van der Waals surface area contributed by atoms with Crippen molar-refractivity contribution in [3.63, 3.8) is 0 Å². The van der Waals surface area contributed by atoms with E-state index in [4.69, 9.17) is 5.73 Å². The van der Waals surface area contributed by atoms with Crippen LogP contribution in [0.3, 0.4) is 0 Å². The first-order chi connectivity index (χ1) is 11.7. The molecule has 1 aromatic heterocycles. The average Bonchev–Trinajstić information content (AvgIpc) is 3.12. The summed E-state index contributed by atoms with van der Waals surface area (Å²) < 4.78 is 0. The van der Waals surface area contributed by atoms with E-state index in [9.17, 15) is 4.79 Å². The summed E-state index contributed by atoms with van der Waals surface area (Å²) in [5.74, 6) is 0.795. The van der Waals surface area contributed by atoms with E-state index in [1.165, 1.54) is 11.2 Å². The Morgan fingerprint density at radius 2 is 2.04 bits per heavy atom. The quantitative estimate of drug-likeness (QED) is 0.844. The predicted molar refractivity (Wildman–Crippen MR) is 98.2 cm³/mol. The number of carbonyl (C=O) groups excluding carboxylic acids is 1. The van der Waals surface area contributed by atoms with Crippen molar-refractivity contribution in [1.29, 1.82) is 0 Å². The Bertz CT molecular complexity index is 677. The summed E-state index contributed by atoms with van der Waals surface area (Å²) in [6.45, 7) is 2.39.